The largest absolute Gasteiger partial charge is 0.311 e. The van der Waals surface area contributed by atoms with Gasteiger partial charge in [-0.1, -0.05) is 78.9 Å². The Kier molecular flexibility index (Phi) is 6.96. The van der Waals surface area contributed by atoms with Gasteiger partial charge in [0.2, 0.25) is 0 Å². The van der Waals surface area contributed by atoms with Gasteiger partial charge in [0.25, 0.3) is 0 Å². The molecule has 1 aromatic heterocycles. The normalized spacial score (nSPS) is 11.5. The highest BCUT2D eigenvalue weighted by Gasteiger charge is 2.13. The average molecular weight is 429 g/mol. The number of hydrogen-bond acceptors (Lipinski definition) is 2. The first-order chi connectivity index (χ1) is 16.2. The molecule has 0 spiro atoms. The van der Waals surface area contributed by atoms with Crippen LogP contribution in [0.1, 0.15) is 18.1 Å². The Balaban J connectivity index is 1.74. The number of benzene rings is 3. The predicted molar refractivity (Wildman–Crippen MR) is 142 cm³/mol. The van der Waals surface area contributed by atoms with Crippen LogP contribution in [-0.4, -0.2) is 4.98 Å². The standard InChI is InChI=1S/C31H28N2/c1-4-7-25(8-5-2)26-12-18-30(19-13-26)33(29-16-10-24(3)11-17-29)31-20-14-27(15-21-31)28-9-6-22-32-23-28/h4-23H,1H2,2-3H3/b8-5-,25-7+. The number of rotatable bonds is 7. The summed E-state index contributed by atoms with van der Waals surface area (Å²) < 4.78 is 0. The molecule has 0 atom stereocenters. The number of nitrogens with zero attached hydrogens (tertiary/aromatic N) is 2. The minimum absolute atomic E-state index is 1.11. The highest BCUT2D eigenvalue weighted by atomic mass is 15.1. The van der Waals surface area contributed by atoms with Crippen LogP contribution in [0.5, 0.6) is 0 Å². The SMILES string of the molecule is C=C/C=C(\C=C/C)c1ccc(N(c2ccc(C)cc2)c2ccc(-c3cccnc3)cc2)cc1. The fourth-order valence-corrected chi connectivity index (χ4v) is 3.84. The Hall–Kier alpha value is -4.17. The molecule has 0 aliphatic rings. The van der Waals surface area contributed by atoms with Crippen molar-refractivity contribution >= 4 is 22.6 Å². The number of aryl methyl sites for hydroxylation is 1. The zero-order chi connectivity index (χ0) is 23.0. The zero-order valence-corrected chi connectivity index (χ0v) is 19.1. The van der Waals surface area contributed by atoms with E-state index >= 15 is 0 Å². The van der Waals surface area contributed by atoms with Gasteiger partial charge < -0.3 is 4.90 Å². The van der Waals surface area contributed by atoms with Gasteiger partial charge in [-0.2, -0.15) is 0 Å². The van der Waals surface area contributed by atoms with E-state index in [0.29, 0.717) is 0 Å². The number of anilines is 3. The molecule has 0 aliphatic carbocycles. The third-order valence-electron chi connectivity index (χ3n) is 5.52. The summed E-state index contributed by atoms with van der Waals surface area (Å²) in [7, 11) is 0. The molecule has 2 nitrogen and oxygen atoms in total. The van der Waals surface area contributed by atoms with Crippen molar-refractivity contribution in [3.63, 3.8) is 0 Å². The van der Waals surface area contributed by atoms with Crippen molar-refractivity contribution < 1.29 is 0 Å². The molecule has 0 radical (unpaired) electrons. The Morgan fingerprint density at radius 1 is 0.788 bits per heavy atom. The molecule has 0 fully saturated rings. The van der Waals surface area contributed by atoms with E-state index in [4.69, 9.17) is 0 Å². The molecule has 2 heteroatoms. The smallest absolute Gasteiger partial charge is 0.0462 e. The monoisotopic (exact) mass is 428 g/mol. The molecule has 162 valence electrons. The van der Waals surface area contributed by atoms with Crippen molar-refractivity contribution in [3.8, 4) is 11.1 Å². The molecule has 33 heavy (non-hydrogen) atoms. The van der Waals surface area contributed by atoms with Crippen LogP contribution in [0.2, 0.25) is 0 Å². The highest BCUT2D eigenvalue weighted by Crippen LogP contribution is 2.36. The topological polar surface area (TPSA) is 16.1 Å². The van der Waals surface area contributed by atoms with Gasteiger partial charge in [0.15, 0.2) is 0 Å². The molecule has 0 aliphatic heterocycles. The van der Waals surface area contributed by atoms with E-state index in [-0.39, 0.29) is 0 Å². The Labute approximate surface area is 196 Å². The molecule has 4 rings (SSSR count). The van der Waals surface area contributed by atoms with Crippen LogP contribution in [0.15, 0.2) is 128 Å². The summed E-state index contributed by atoms with van der Waals surface area (Å²) in [5.41, 5.74) is 9.14. The van der Waals surface area contributed by atoms with Crippen molar-refractivity contribution in [1.82, 2.24) is 4.98 Å². The Morgan fingerprint density at radius 2 is 1.39 bits per heavy atom. The van der Waals surface area contributed by atoms with Gasteiger partial charge in [0.1, 0.15) is 0 Å². The van der Waals surface area contributed by atoms with Crippen LogP contribution in [0.25, 0.3) is 16.7 Å². The summed E-state index contributed by atoms with van der Waals surface area (Å²) in [4.78, 5) is 6.53. The fourth-order valence-electron chi connectivity index (χ4n) is 3.84. The van der Waals surface area contributed by atoms with Gasteiger partial charge >= 0.3 is 0 Å². The van der Waals surface area contributed by atoms with Gasteiger partial charge in [-0.25, -0.2) is 0 Å². The zero-order valence-electron chi connectivity index (χ0n) is 19.1. The first-order valence-corrected chi connectivity index (χ1v) is 11.1. The lowest BCUT2D eigenvalue weighted by Crippen LogP contribution is -2.09. The highest BCUT2D eigenvalue weighted by molar-refractivity contribution is 5.81. The molecule has 0 unspecified atom stereocenters. The maximum Gasteiger partial charge on any atom is 0.0462 e. The lowest BCUT2D eigenvalue weighted by Gasteiger charge is -2.26. The molecule has 3 aromatic carbocycles. The van der Waals surface area contributed by atoms with Gasteiger partial charge in [-0.15, -0.1) is 0 Å². The molecule has 0 saturated carbocycles. The van der Waals surface area contributed by atoms with E-state index in [1.807, 2.05) is 37.4 Å². The molecule has 0 bridgehead atoms. The third kappa shape index (κ3) is 5.19. The van der Waals surface area contributed by atoms with Gasteiger partial charge in [0.05, 0.1) is 0 Å². The first-order valence-electron chi connectivity index (χ1n) is 11.1. The van der Waals surface area contributed by atoms with Crippen molar-refractivity contribution in [3.05, 3.63) is 139 Å². The van der Waals surface area contributed by atoms with E-state index < -0.39 is 0 Å². The van der Waals surface area contributed by atoms with Crippen molar-refractivity contribution in [2.75, 3.05) is 4.90 Å². The molecular formula is C31H28N2. The van der Waals surface area contributed by atoms with Crippen LogP contribution in [0.3, 0.4) is 0 Å². The molecule has 4 aromatic rings. The van der Waals surface area contributed by atoms with Gasteiger partial charge in [-0.05, 0) is 78.6 Å². The van der Waals surface area contributed by atoms with E-state index in [1.54, 1.807) is 6.20 Å². The summed E-state index contributed by atoms with van der Waals surface area (Å²) in [6, 6.07) is 30.0. The summed E-state index contributed by atoms with van der Waals surface area (Å²) in [5, 5.41) is 0. The summed E-state index contributed by atoms with van der Waals surface area (Å²) in [6.45, 7) is 7.99. The van der Waals surface area contributed by atoms with Crippen molar-refractivity contribution in [2.45, 2.75) is 13.8 Å². The Bertz CT molecular complexity index is 1250. The van der Waals surface area contributed by atoms with Gasteiger partial charge in [0, 0.05) is 29.5 Å². The lowest BCUT2D eigenvalue weighted by atomic mass is 10.0. The molecule has 1 heterocycles. The maximum absolute atomic E-state index is 4.24. The van der Waals surface area contributed by atoms with Crippen LogP contribution < -0.4 is 4.90 Å². The second-order valence-corrected chi connectivity index (χ2v) is 7.86. The van der Waals surface area contributed by atoms with Crippen molar-refractivity contribution in [1.29, 1.82) is 0 Å². The first kappa shape index (κ1) is 22.0. The lowest BCUT2D eigenvalue weighted by molar-refractivity contribution is 1.27. The number of hydrogen-bond donors (Lipinski definition) is 0. The summed E-state index contributed by atoms with van der Waals surface area (Å²) in [6.07, 6.45) is 11.7. The van der Waals surface area contributed by atoms with Gasteiger partial charge in [-0.3, -0.25) is 4.98 Å². The number of aromatic nitrogens is 1. The summed E-state index contributed by atoms with van der Waals surface area (Å²) in [5.74, 6) is 0. The second-order valence-electron chi connectivity index (χ2n) is 7.86. The van der Waals surface area contributed by atoms with E-state index in [9.17, 15) is 0 Å². The predicted octanol–water partition coefficient (Wildman–Crippen LogP) is 8.67. The average Bonchev–Trinajstić information content (AvgIpc) is 2.87. The molecule has 0 saturated heterocycles. The van der Waals surface area contributed by atoms with Crippen LogP contribution in [-0.2, 0) is 0 Å². The van der Waals surface area contributed by atoms with Crippen molar-refractivity contribution in [2.24, 2.45) is 0 Å². The second kappa shape index (κ2) is 10.4. The third-order valence-corrected chi connectivity index (χ3v) is 5.52. The van der Waals surface area contributed by atoms with Crippen LogP contribution in [0, 0.1) is 6.92 Å². The van der Waals surface area contributed by atoms with E-state index in [2.05, 4.69) is 108 Å². The number of pyridine rings is 1. The fraction of sp³-hybridized carbons (Fsp3) is 0.0645. The van der Waals surface area contributed by atoms with E-state index in [1.165, 1.54) is 5.56 Å². The molecule has 0 N–H and O–H groups in total. The number of allylic oxidation sites excluding steroid dienone is 5. The summed E-state index contributed by atoms with van der Waals surface area (Å²) >= 11 is 0. The maximum atomic E-state index is 4.24. The van der Waals surface area contributed by atoms with E-state index in [0.717, 1.165) is 39.3 Å². The van der Waals surface area contributed by atoms with Crippen LogP contribution in [0.4, 0.5) is 17.1 Å². The minimum Gasteiger partial charge on any atom is -0.311 e. The Morgan fingerprint density at radius 3 is 1.94 bits per heavy atom. The minimum atomic E-state index is 1.11. The quantitative estimate of drug-likeness (QED) is 0.274. The molecular weight excluding hydrogens is 400 g/mol. The molecule has 0 amide bonds. The van der Waals surface area contributed by atoms with Crippen LogP contribution >= 0.6 is 0 Å².